The van der Waals surface area contributed by atoms with Gasteiger partial charge in [-0.2, -0.15) is 5.10 Å². The first-order valence-corrected chi connectivity index (χ1v) is 3.13. The molecular weight excluding hydrogens is 130 g/mol. The van der Waals surface area contributed by atoms with E-state index in [2.05, 4.69) is 15.7 Å². The second-order valence-electron chi connectivity index (χ2n) is 2.21. The largest absolute Gasteiger partial charge is 0.354 e. The second kappa shape index (κ2) is 1.88. The highest BCUT2D eigenvalue weighted by Crippen LogP contribution is 2.06. The number of nitrogens with two attached hydrogens (primary N) is 1. The lowest BCUT2D eigenvalue weighted by molar-refractivity contribution is 0.150. The highest BCUT2D eigenvalue weighted by atomic mass is 15.6. The fourth-order valence-electron chi connectivity index (χ4n) is 1.02. The minimum absolute atomic E-state index is 0.0417. The van der Waals surface area contributed by atoms with Crippen LogP contribution in [0, 0.1) is 0 Å². The van der Waals surface area contributed by atoms with Crippen LogP contribution in [0.15, 0.2) is 17.4 Å². The number of hydrogen-bond donors (Lipinski definition) is 3. The highest BCUT2D eigenvalue weighted by molar-refractivity contribution is 5.56. The van der Waals surface area contributed by atoms with Gasteiger partial charge in [-0.3, -0.25) is 0 Å². The Labute approximate surface area is 58.6 Å². The third-order valence-corrected chi connectivity index (χ3v) is 1.54. The molecule has 4 N–H and O–H groups in total. The molecule has 0 spiro atoms. The Morgan fingerprint density at radius 2 is 2.40 bits per heavy atom. The molecule has 2 aliphatic heterocycles. The summed E-state index contributed by atoms with van der Waals surface area (Å²) in [5.74, 6) is 0. The van der Waals surface area contributed by atoms with E-state index in [1.54, 1.807) is 11.3 Å². The Hall–Kier alpha value is -1.23. The van der Waals surface area contributed by atoms with Crippen LogP contribution in [0.3, 0.4) is 0 Å². The summed E-state index contributed by atoms with van der Waals surface area (Å²) in [5, 5.41) is 11.8. The molecule has 5 heteroatoms. The van der Waals surface area contributed by atoms with Crippen LogP contribution >= 0.6 is 0 Å². The number of fused-ring (bicyclic) bond motifs is 1. The molecule has 5 nitrogen and oxygen atoms in total. The van der Waals surface area contributed by atoms with Crippen LogP contribution in [0.2, 0.25) is 0 Å². The van der Waals surface area contributed by atoms with E-state index in [0.717, 1.165) is 0 Å². The molecule has 0 radical (unpaired) electrons. The molecule has 0 fully saturated rings. The van der Waals surface area contributed by atoms with Gasteiger partial charge in [-0.1, -0.05) is 0 Å². The first-order valence-electron chi connectivity index (χ1n) is 3.13. The van der Waals surface area contributed by atoms with E-state index in [9.17, 15) is 0 Å². The summed E-state index contributed by atoms with van der Waals surface area (Å²) < 4.78 is 0. The molecule has 0 aliphatic carbocycles. The van der Waals surface area contributed by atoms with Gasteiger partial charge in [-0.15, -0.1) is 0 Å². The maximum atomic E-state index is 5.67. The first-order chi connectivity index (χ1) is 4.88. The summed E-state index contributed by atoms with van der Waals surface area (Å²) in [5.41, 5.74) is 5.67. The lowest BCUT2D eigenvalue weighted by Crippen LogP contribution is -2.54. The van der Waals surface area contributed by atoms with Gasteiger partial charge in [0.15, 0.2) is 6.29 Å². The van der Waals surface area contributed by atoms with E-state index >= 15 is 0 Å². The van der Waals surface area contributed by atoms with Crippen molar-refractivity contribution in [2.45, 2.75) is 12.5 Å². The molecule has 0 saturated heterocycles. The Balaban J connectivity index is 2.19. The molecule has 0 amide bonds. The summed E-state index contributed by atoms with van der Waals surface area (Å²) in [6, 6.07) is 0. The minimum Gasteiger partial charge on any atom is -0.354 e. The summed E-state index contributed by atoms with van der Waals surface area (Å²) in [4.78, 5) is 0. The Morgan fingerprint density at radius 3 is 3.20 bits per heavy atom. The number of hydrogen-bond acceptors (Lipinski definition) is 5. The monoisotopic (exact) mass is 139 g/mol. The molecule has 54 valence electrons. The topological polar surface area (TPSA) is 65.7 Å². The predicted molar refractivity (Wildman–Crippen MR) is 37.5 cm³/mol. The fraction of sp³-hybridized carbons (Fsp3) is 0.400. The molecular formula is C5H9N5. The molecule has 2 atom stereocenters. The average molecular weight is 139 g/mol. The standard InChI is InChI=1S/C5H9N5/c6-4-1-2-7-5-8-3-9-10(4)5/h1-5,7H,6H2,(H,8,9). The van der Waals surface area contributed by atoms with Gasteiger partial charge in [0, 0.05) is 0 Å². The molecule has 0 aromatic heterocycles. The van der Waals surface area contributed by atoms with Gasteiger partial charge in [-0.05, 0) is 12.3 Å². The second-order valence-corrected chi connectivity index (χ2v) is 2.21. The van der Waals surface area contributed by atoms with Gasteiger partial charge in [0.1, 0.15) is 12.5 Å². The van der Waals surface area contributed by atoms with Crippen LogP contribution in [0.1, 0.15) is 0 Å². The van der Waals surface area contributed by atoms with Crippen molar-refractivity contribution >= 4 is 6.34 Å². The van der Waals surface area contributed by atoms with Gasteiger partial charge in [-0.25, -0.2) is 5.01 Å². The van der Waals surface area contributed by atoms with Gasteiger partial charge >= 0.3 is 0 Å². The van der Waals surface area contributed by atoms with Crippen LogP contribution in [0.25, 0.3) is 0 Å². The van der Waals surface area contributed by atoms with E-state index in [-0.39, 0.29) is 12.5 Å². The average Bonchev–Trinajstić information content (AvgIpc) is 2.36. The molecule has 0 bridgehead atoms. The molecule has 2 heterocycles. The third kappa shape index (κ3) is 0.640. The third-order valence-electron chi connectivity index (χ3n) is 1.54. The molecule has 0 aromatic carbocycles. The number of hydrazone groups is 1. The van der Waals surface area contributed by atoms with Crippen LogP contribution in [-0.4, -0.2) is 23.8 Å². The minimum atomic E-state index is -0.113. The van der Waals surface area contributed by atoms with E-state index in [1.165, 1.54) is 0 Å². The van der Waals surface area contributed by atoms with Crippen LogP contribution in [0.5, 0.6) is 0 Å². The maximum Gasteiger partial charge on any atom is 0.194 e. The summed E-state index contributed by atoms with van der Waals surface area (Å²) in [7, 11) is 0. The Bertz CT molecular complexity index is 186. The van der Waals surface area contributed by atoms with E-state index < -0.39 is 0 Å². The molecule has 10 heavy (non-hydrogen) atoms. The first kappa shape index (κ1) is 5.55. The van der Waals surface area contributed by atoms with Gasteiger partial charge in [0.2, 0.25) is 0 Å². The Morgan fingerprint density at radius 1 is 1.50 bits per heavy atom. The van der Waals surface area contributed by atoms with E-state index in [0.29, 0.717) is 0 Å². The molecule has 2 unspecified atom stereocenters. The zero-order chi connectivity index (χ0) is 6.97. The predicted octanol–water partition coefficient (Wildman–Crippen LogP) is -1.48. The molecule has 2 rings (SSSR count). The summed E-state index contributed by atoms with van der Waals surface area (Å²) >= 11 is 0. The zero-order valence-corrected chi connectivity index (χ0v) is 5.36. The molecule has 0 saturated carbocycles. The van der Waals surface area contributed by atoms with Crippen molar-refractivity contribution in [1.29, 1.82) is 0 Å². The van der Waals surface area contributed by atoms with Crippen molar-refractivity contribution in [2.75, 3.05) is 0 Å². The summed E-state index contributed by atoms with van der Waals surface area (Å²) in [6.45, 7) is 0. The van der Waals surface area contributed by atoms with E-state index in [4.69, 9.17) is 5.73 Å². The smallest absolute Gasteiger partial charge is 0.194 e. The van der Waals surface area contributed by atoms with Crippen LogP contribution in [0.4, 0.5) is 0 Å². The number of nitrogens with zero attached hydrogens (tertiary/aromatic N) is 2. The van der Waals surface area contributed by atoms with Gasteiger partial charge < -0.3 is 16.4 Å². The lowest BCUT2D eigenvalue weighted by Gasteiger charge is -2.30. The maximum absolute atomic E-state index is 5.67. The summed E-state index contributed by atoms with van der Waals surface area (Å²) in [6.07, 6.45) is 5.23. The quantitative estimate of drug-likeness (QED) is 0.383. The Kier molecular flexibility index (Phi) is 1.04. The van der Waals surface area contributed by atoms with Crippen molar-refractivity contribution in [1.82, 2.24) is 15.6 Å². The van der Waals surface area contributed by atoms with Crippen molar-refractivity contribution < 1.29 is 0 Å². The number of nitrogens with one attached hydrogen (secondary N) is 2. The highest BCUT2D eigenvalue weighted by Gasteiger charge is 2.25. The normalized spacial score (nSPS) is 35.1. The van der Waals surface area contributed by atoms with Gasteiger partial charge in [0.25, 0.3) is 0 Å². The van der Waals surface area contributed by atoms with Crippen molar-refractivity contribution in [3.63, 3.8) is 0 Å². The molecule has 2 aliphatic rings. The van der Waals surface area contributed by atoms with Crippen molar-refractivity contribution in [2.24, 2.45) is 10.8 Å². The van der Waals surface area contributed by atoms with E-state index in [1.807, 2.05) is 12.3 Å². The van der Waals surface area contributed by atoms with Gasteiger partial charge in [0.05, 0.1) is 0 Å². The number of rotatable bonds is 0. The zero-order valence-electron chi connectivity index (χ0n) is 5.36. The SMILES string of the molecule is NC1C=CNC2NC=NN12. The molecule has 0 aromatic rings. The lowest BCUT2D eigenvalue weighted by atomic mass is 10.4. The van der Waals surface area contributed by atoms with Crippen molar-refractivity contribution in [3.05, 3.63) is 12.3 Å². The fourth-order valence-corrected chi connectivity index (χ4v) is 1.02. The van der Waals surface area contributed by atoms with Crippen molar-refractivity contribution in [3.8, 4) is 0 Å². The van der Waals surface area contributed by atoms with Crippen LogP contribution in [-0.2, 0) is 0 Å². The van der Waals surface area contributed by atoms with Crippen LogP contribution < -0.4 is 16.4 Å².